The van der Waals surface area contributed by atoms with Crippen LogP contribution in [-0.4, -0.2) is 12.6 Å². The molecule has 0 radical (unpaired) electrons. The van der Waals surface area contributed by atoms with E-state index in [0.29, 0.717) is 6.04 Å². The molecule has 2 atom stereocenters. The van der Waals surface area contributed by atoms with E-state index in [0.717, 1.165) is 12.5 Å². The molecule has 1 aromatic rings. The molecular weight excluding hydrogens is 184 g/mol. The van der Waals surface area contributed by atoms with Gasteiger partial charge >= 0.3 is 0 Å². The lowest BCUT2D eigenvalue weighted by Crippen LogP contribution is -2.25. The Morgan fingerprint density at radius 1 is 1.27 bits per heavy atom. The zero-order valence-corrected chi connectivity index (χ0v) is 9.22. The van der Waals surface area contributed by atoms with Gasteiger partial charge in [-0.2, -0.15) is 0 Å². The smallest absolute Gasteiger partial charge is 0.0605 e. The first-order chi connectivity index (χ1) is 7.34. The van der Waals surface area contributed by atoms with Crippen LogP contribution in [0.3, 0.4) is 0 Å². The number of benzene rings is 1. The van der Waals surface area contributed by atoms with Gasteiger partial charge < -0.3 is 10.6 Å². The molecule has 0 amide bonds. The van der Waals surface area contributed by atoms with Gasteiger partial charge in [0.2, 0.25) is 0 Å². The minimum absolute atomic E-state index is 0.695. The maximum atomic E-state index is 3.70. The molecule has 15 heavy (non-hydrogen) atoms. The number of nitrogens with one attached hydrogen (secondary N) is 2. The van der Waals surface area contributed by atoms with Crippen molar-refractivity contribution in [3.63, 3.8) is 0 Å². The number of rotatable bonds is 0. The lowest BCUT2D eigenvalue weighted by atomic mass is 10.0. The number of para-hydroxylation sites is 1. The first kappa shape index (κ1) is 9.08. The van der Waals surface area contributed by atoms with Crippen molar-refractivity contribution in [3.8, 4) is 0 Å². The van der Waals surface area contributed by atoms with Crippen LogP contribution in [0.2, 0.25) is 0 Å². The molecule has 3 rings (SSSR count). The molecule has 0 bridgehead atoms. The molecule has 1 aliphatic heterocycles. The van der Waals surface area contributed by atoms with Crippen molar-refractivity contribution in [1.82, 2.24) is 0 Å². The van der Waals surface area contributed by atoms with Gasteiger partial charge in [0.25, 0.3) is 0 Å². The Balaban J connectivity index is 1.97. The Kier molecular flexibility index (Phi) is 2.08. The summed E-state index contributed by atoms with van der Waals surface area (Å²) in [6.45, 7) is 3.31. The quantitative estimate of drug-likeness (QED) is 0.675. The Morgan fingerprint density at radius 3 is 3.13 bits per heavy atom. The van der Waals surface area contributed by atoms with Gasteiger partial charge in [0.05, 0.1) is 11.4 Å². The summed E-state index contributed by atoms with van der Waals surface area (Å²) in [5.41, 5.74) is 3.95. The lowest BCUT2D eigenvalue weighted by molar-refractivity contribution is 0.537. The molecule has 1 aliphatic carbocycles. The number of hydrogen-bond acceptors (Lipinski definition) is 2. The van der Waals surface area contributed by atoms with Gasteiger partial charge in [-0.3, -0.25) is 0 Å². The predicted octanol–water partition coefficient (Wildman–Crippen LogP) is 3.00. The fourth-order valence-corrected chi connectivity index (χ4v) is 2.93. The summed E-state index contributed by atoms with van der Waals surface area (Å²) in [5, 5.41) is 7.30. The van der Waals surface area contributed by atoms with Crippen LogP contribution in [0.4, 0.5) is 11.4 Å². The summed E-state index contributed by atoms with van der Waals surface area (Å²) < 4.78 is 0. The summed E-state index contributed by atoms with van der Waals surface area (Å²) in [7, 11) is 0. The summed E-state index contributed by atoms with van der Waals surface area (Å²) in [4.78, 5) is 0. The minimum Gasteiger partial charge on any atom is -0.383 e. The van der Waals surface area contributed by atoms with Gasteiger partial charge in [-0.05, 0) is 37.3 Å². The fraction of sp³-hybridized carbons (Fsp3) is 0.538. The van der Waals surface area contributed by atoms with Gasteiger partial charge in [0.1, 0.15) is 0 Å². The predicted molar refractivity (Wildman–Crippen MR) is 64.4 cm³/mol. The highest BCUT2D eigenvalue weighted by Gasteiger charge is 2.29. The molecule has 2 unspecified atom stereocenters. The second-order valence-electron chi connectivity index (χ2n) is 4.82. The van der Waals surface area contributed by atoms with Crippen LogP contribution in [0.25, 0.3) is 0 Å². The van der Waals surface area contributed by atoms with Crippen LogP contribution in [0, 0.1) is 12.8 Å². The Morgan fingerprint density at radius 2 is 2.20 bits per heavy atom. The summed E-state index contributed by atoms with van der Waals surface area (Å²) in [5.74, 6) is 0.816. The molecule has 0 saturated heterocycles. The van der Waals surface area contributed by atoms with Gasteiger partial charge in [0.15, 0.2) is 0 Å². The molecule has 2 nitrogen and oxygen atoms in total. The topological polar surface area (TPSA) is 24.1 Å². The zero-order valence-electron chi connectivity index (χ0n) is 9.22. The van der Waals surface area contributed by atoms with Crippen LogP contribution < -0.4 is 10.6 Å². The number of aryl methyl sites for hydroxylation is 1. The van der Waals surface area contributed by atoms with Crippen LogP contribution in [0.15, 0.2) is 18.2 Å². The molecule has 80 valence electrons. The second kappa shape index (κ2) is 3.44. The highest BCUT2D eigenvalue weighted by Crippen LogP contribution is 2.36. The van der Waals surface area contributed by atoms with E-state index in [1.165, 1.54) is 36.2 Å². The van der Waals surface area contributed by atoms with Crippen LogP contribution in [0.1, 0.15) is 24.8 Å². The largest absolute Gasteiger partial charge is 0.383 e. The summed E-state index contributed by atoms with van der Waals surface area (Å²) in [6, 6.07) is 7.20. The SMILES string of the molecule is Cc1cccc2c1NCC1CCCC1N2. The van der Waals surface area contributed by atoms with E-state index in [2.05, 4.69) is 35.8 Å². The first-order valence-corrected chi connectivity index (χ1v) is 5.94. The van der Waals surface area contributed by atoms with E-state index in [-0.39, 0.29) is 0 Å². The molecule has 2 heteroatoms. The number of anilines is 2. The van der Waals surface area contributed by atoms with Crippen molar-refractivity contribution in [2.75, 3.05) is 17.2 Å². The molecule has 2 aliphatic rings. The van der Waals surface area contributed by atoms with Crippen molar-refractivity contribution in [2.24, 2.45) is 5.92 Å². The number of hydrogen-bond donors (Lipinski definition) is 2. The normalized spacial score (nSPS) is 28.3. The molecule has 1 heterocycles. The van der Waals surface area contributed by atoms with E-state index < -0.39 is 0 Å². The highest BCUT2D eigenvalue weighted by molar-refractivity contribution is 5.73. The third kappa shape index (κ3) is 1.48. The number of fused-ring (bicyclic) bond motifs is 2. The average molecular weight is 202 g/mol. The van der Waals surface area contributed by atoms with Gasteiger partial charge in [-0.1, -0.05) is 18.6 Å². The Bertz CT molecular complexity index is 373. The van der Waals surface area contributed by atoms with E-state index in [1.807, 2.05) is 0 Å². The van der Waals surface area contributed by atoms with Crippen molar-refractivity contribution in [2.45, 2.75) is 32.2 Å². The summed E-state index contributed by atoms with van der Waals surface area (Å²) >= 11 is 0. The first-order valence-electron chi connectivity index (χ1n) is 5.94. The van der Waals surface area contributed by atoms with Crippen molar-refractivity contribution < 1.29 is 0 Å². The standard InChI is InChI=1S/C13H18N2/c1-9-4-2-7-12-13(9)14-8-10-5-3-6-11(10)15-12/h2,4,7,10-11,14-15H,3,5-6,8H2,1H3. The fourth-order valence-electron chi connectivity index (χ4n) is 2.93. The third-order valence-electron chi connectivity index (χ3n) is 3.81. The average Bonchev–Trinajstić information content (AvgIpc) is 2.58. The van der Waals surface area contributed by atoms with Crippen LogP contribution in [-0.2, 0) is 0 Å². The van der Waals surface area contributed by atoms with E-state index in [9.17, 15) is 0 Å². The molecule has 0 spiro atoms. The van der Waals surface area contributed by atoms with E-state index >= 15 is 0 Å². The maximum absolute atomic E-state index is 3.70. The maximum Gasteiger partial charge on any atom is 0.0605 e. The second-order valence-corrected chi connectivity index (χ2v) is 4.82. The molecule has 1 aromatic carbocycles. The van der Waals surface area contributed by atoms with Crippen molar-refractivity contribution >= 4 is 11.4 Å². The minimum atomic E-state index is 0.695. The van der Waals surface area contributed by atoms with E-state index in [4.69, 9.17) is 0 Å². The Labute approximate surface area is 91.1 Å². The van der Waals surface area contributed by atoms with Crippen LogP contribution >= 0.6 is 0 Å². The van der Waals surface area contributed by atoms with Crippen molar-refractivity contribution in [1.29, 1.82) is 0 Å². The summed E-state index contributed by atoms with van der Waals surface area (Å²) in [6.07, 6.45) is 4.09. The van der Waals surface area contributed by atoms with Gasteiger partial charge in [0, 0.05) is 12.6 Å². The van der Waals surface area contributed by atoms with Crippen LogP contribution in [0.5, 0.6) is 0 Å². The van der Waals surface area contributed by atoms with Gasteiger partial charge in [-0.15, -0.1) is 0 Å². The molecule has 1 fully saturated rings. The molecular formula is C13H18N2. The van der Waals surface area contributed by atoms with Crippen molar-refractivity contribution in [3.05, 3.63) is 23.8 Å². The van der Waals surface area contributed by atoms with E-state index in [1.54, 1.807) is 0 Å². The third-order valence-corrected chi connectivity index (χ3v) is 3.81. The van der Waals surface area contributed by atoms with Gasteiger partial charge in [-0.25, -0.2) is 0 Å². The zero-order chi connectivity index (χ0) is 10.3. The Hall–Kier alpha value is -1.18. The molecule has 0 aromatic heterocycles. The highest BCUT2D eigenvalue weighted by atomic mass is 15.0. The monoisotopic (exact) mass is 202 g/mol. The lowest BCUT2D eigenvalue weighted by Gasteiger charge is -2.17. The molecule has 1 saturated carbocycles. The molecule has 2 N–H and O–H groups in total.